The van der Waals surface area contributed by atoms with E-state index >= 15 is 0 Å². The minimum absolute atomic E-state index is 0.0655. The van der Waals surface area contributed by atoms with Gasteiger partial charge in [-0.15, -0.1) is 0 Å². The number of halogens is 2. The van der Waals surface area contributed by atoms with E-state index in [1.54, 1.807) is 36.4 Å². The summed E-state index contributed by atoms with van der Waals surface area (Å²) in [5, 5.41) is 2.97. The maximum absolute atomic E-state index is 14.5. The van der Waals surface area contributed by atoms with E-state index in [0.29, 0.717) is 5.69 Å². The summed E-state index contributed by atoms with van der Waals surface area (Å²) in [5.74, 6) is -0.827. The molecule has 4 aromatic rings. The van der Waals surface area contributed by atoms with Crippen molar-refractivity contribution in [3.05, 3.63) is 129 Å². The Kier molecular flexibility index (Phi) is 11.4. The SMILES string of the molecule is Cc1ccc(S(=O)(=O)N(CC(=O)N(Cc2cccc(Br)c2)C(Cc2ccccc2)C(=O)NC(C)C)c2ccc(Br)cc2)cc1. The molecular weight excluding hydrogens is 706 g/mol. The molecule has 7 nitrogen and oxygen atoms in total. The van der Waals surface area contributed by atoms with Gasteiger partial charge in [0, 0.05) is 28.0 Å². The lowest BCUT2D eigenvalue weighted by Crippen LogP contribution is -2.54. The van der Waals surface area contributed by atoms with Gasteiger partial charge in [0.25, 0.3) is 10.0 Å². The molecule has 44 heavy (non-hydrogen) atoms. The van der Waals surface area contributed by atoms with Gasteiger partial charge in [0.05, 0.1) is 10.6 Å². The molecule has 4 aromatic carbocycles. The zero-order valence-corrected chi connectivity index (χ0v) is 28.8. The van der Waals surface area contributed by atoms with Crippen molar-refractivity contribution in [2.75, 3.05) is 10.8 Å². The number of carbonyl (C=O) groups excluding carboxylic acids is 2. The first kappa shape index (κ1) is 33.4. The topological polar surface area (TPSA) is 86.8 Å². The fourth-order valence-electron chi connectivity index (χ4n) is 4.74. The normalized spacial score (nSPS) is 12.0. The molecule has 230 valence electrons. The van der Waals surface area contributed by atoms with Gasteiger partial charge in [-0.1, -0.05) is 92.0 Å². The van der Waals surface area contributed by atoms with E-state index in [4.69, 9.17) is 0 Å². The lowest BCUT2D eigenvalue weighted by molar-refractivity contribution is -0.140. The van der Waals surface area contributed by atoms with Crippen LogP contribution in [0.4, 0.5) is 5.69 Å². The van der Waals surface area contributed by atoms with Crippen molar-refractivity contribution >= 4 is 59.4 Å². The van der Waals surface area contributed by atoms with Gasteiger partial charge in [-0.2, -0.15) is 0 Å². The molecule has 0 aliphatic carbocycles. The van der Waals surface area contributed by atoms with E-state index in [-0.39, 0.29) is 29.8 Å². The van der Waals surface area contributed by atoms with Gasteiger partial charge in [0.15, 0.2) is 0 Å². The van der Waals surface area contributed by atoms with Crippen molar-refractivity contribution in [1.82, 2.24) is 10.2 Å². The van der Waals surface area contributed by atoms with Gasteiger partial charge in [-0.3, -0.25) is 13.9 Å². The fraction of sp³-hybridized carbons (Fsp3) is 0.235. The first-order valence-corrected chi connectivity index (χ1v) is 17.2. The monoisotopic (exact) mass is 739 g/mol. The molecule has 0 radical (unpaired) electrons. The molecule has 0 fully saturated rings. The zero-order chi connectivity index (χ0) is 31.9. The average Bonchev–Trinajstić information content (AvgIpc) is 2.98. The number of anilines is 1. The molecule has 0 aromatic heterocycles. The van der Waals surface area contributed by atoms with Crippen LogP contribution in [0.2, 0.25) is 0 Å². The summed E-state index contributed by atoms with van der Waals surface area (Å²) in [4.78, 5) is 29.8. The summed E-state index contributed by atoms with van der Waals surface area (Å²) < 4.78 is 30.9. The third-order valence-corrected chi connectivity index (χ3v) is 9.76. The lowest BCUT2D eigenvalue weighted by Gasteiger charge is -2.34. The second-order valence-electron chi connectivity index (χ2n) is 10.8. The molecule has 10 heteroatoms. The number of aryl methyl sites for hydroxylation is 1. The van der Waals surface area contributed by atoms with Crippen LogP contribution in [-0.2, 0) is 32.6 Å². The molecule has 0 saturated heterocycles. The van der Waals surface area contributed by atoms with Gasteiger partial charge in [0.2, 0.25) is 11.8 Å². The minimum Gasteiger partial charge on any atom is -0.352 e. The molecule has 0 aliphatic rings. The van der Waals surface area contributed by atoms with Gasteiger partial charge in [0.1, 0.15) is 12.6 Å². The minimum atomic E-state index is -4.15. The predicted octanol–water partition coefficient (Wildman–Crippen LogP) is 6.88. The molecule has 1 unspecified atom stereocenters. The highest BCUT2D eigenvalue weighted by molar-refractivity contribution is 9.10. The smallest absolute Gasteiger partial charge is 0.264 e. The Hall–Kier alpha value is -3.47. The van der Waals surface area contributed by atoms with Crippen molar-refractivity contribution in [2.24, 2.45) is 0 Å². The van der Waals surface area contributed by atoms with Crippen molar-refractivity contribution < 1.29 is 18.0 Å². The molecule has 0 heterocycles. The highest BCUT2D eigenvalue weighted by Gasteiger charge is 2.34. The second kappa shape index (κ2) is 15.0. The molecule has 0 saturated carbocycles. The highest BCUT2D eigenvalue weighted by atomic mass is 79.9. The molecule has 0 aliphatic heterocycles. The first-order valence-electron chi connectivity index (χ1n) is 14.2. The number of hydrogen-bond donors (Lipinski definition) is 1. The predicted molar refractivity (Wildman–Crippen MR) is 182 cm³/mol. The number of benzene rings is 4. The Bertz CT molecular complexity index is 1680. The van der Waals surface area contributed by atoms with Crippen molar-refractivity contribution in [2.45, 2.75) is 50.7 Å². The summed E-state index contributed by atoms with van der Waals surface area (Å²) in [6, 6.07) is 29.2. The van der Waals surface area contributed by atoms with E-state index in [1.165, 1.54) is 17.0 Å². The lowest BCUT2D eigenvalue weighted by atomic mass is 10.0. The van der Waals surface area contributed by atoms with Crippen molar-refractivity contribution in [3.63, 3.8) is 0 Å². The standard InChI is InChI=1S/C34H35Br2N3O4S/c1-24(2)37-34(41)32(21-26-8-5-4-6-9-26)38(22-27-10-7-11-29(36)20-27)33(40)23-39(30-16-14-28(35)15-17-30)44(42,43)31-18-12-25(3)13-19-31/h4-20,24,32H,21-23H2,1-3H3,(H,37,41). The van der Waals surface area contributed by atoms with Gasteiger partial charge < -0.3 is 10.2 Å². The zero-order valence-electron chi connectivity index (χ0n) is 24.8. The largest absolute Gasteiger partial charge is 0.352 e. The number of rotatable bonds is 12. The summed E-state index contributed by atoms with van der Waals surface area (Å²) in [5.41, 5.74) is 2.91. The number of hydrogen-bond acceptors (Lipinski definition) is 4. The van der Waals surface area contributed by atoms with Crippen LogP contribution in [0.1, 0.15) is 30.5 Å². The Morgan fingerprint density at radius 3 is 2.05 bits per heavy atom. The average molecular weight is 742 g/mol. The maximum atomic E-state index is 14.5. The van der Waals surface area contributed by atoms with E-state index in [1.807, 2.05) is 75.4 Å². The van der Waals surface area contributed by atoms with Crippen molar-refractivity contribution in [3.8, 4) is 0 Å². The highest BCUT2D eigenvalue weighted by Crippen LogP contribution is 2.27. The summed E-state index contributed by atoms with van der Waals surface area (Å²) >= 11 is 6.91. The van der Waals surface area contributed by atoms with Crippen LogP contribution in [0.3, 0.4) is 0 Å². The van der Waals surface area contributed by atoms with E-state index in [0.717, 1.165) is 29.9 Å². The van der Waals surface area contributed by atoms with Crippen LogP contribution < -0.4 is 9.62 Å². The maximum Gasteiger partial charge on any atom is 0.264 e. The number of nitrogens with zero attached hydrogens (tertiary/aromatic N) is 2. The molecule has 4 rings (SSSR count). The third-order valence-electron chi connectivity index (χ3n) is 6.95. The third kappa shape index (κ3) is 8.80. The molecular formula is C34H35Br2N3O4S. The quantitative estimate of drug-likeness (QED) is 0.172. The molecule has 1 atom stereocenters. The van der Waals surface area contributed by atoms with Crippen LogP contribution in [0, 0.1) is 6.92 Å². The summed E-state index contributed by atoms with van der Waals surface area (Å²) in [7, 11) is -4.15. The van der Waals surface area contributed by atoms with E-state index in [2.05, 4.69) is 37.2 Å². The van der Waals surface area contributed by atoms with Crippen LogP contribution in [-0.4, -0.2) is 43.8 Å². The van der Waals surface area contributed by atoms with Gasteiger partial charge in [-0.25, -0.2) is 8.42 Å². The number of nitrogens with one attached hydrogen (secondary N) is 1. The van der Waals surface area contributed by atoms with Crippen LogP contribution in [0.5, 0.6) is 0 Å². The van der Waals surface area contributed by atoms with Gasteiger partial charge >= 0.3 is 0 Å². The Labute approximate surface area is 276 Å². The Morgan fingerprint density at radius 1 is 0.795 bits per heavy atom. The number of carbonyl (C=O) groups is 2. The first-order chi connectivity index (χ1) is 20.9. The number of amides is 2. The van der Waals surface area contributed by atoms with Crippen molar-refractivity contribution in [1.29, 1.82) is 0 Å². The molecule has 0 spiro atoms. The van der Waals surface area contributed by atoms with E-state index in [9.17, 15) is 18.0 Å². The number of sulfonamides is 1. The Morgan fingerprint density at radius 2 is 1.43 bits per heavy atom. The molecule has 1 N–H and O–H groups in total. The van der Waals surface area contributed by atoms with E-state index < -0.39 is 28.5 Å². The second-order valence-corrected chi connectivity index (χ2v) is 14.5. The van der Waals surface area contributed by atoms with Gasteiger partial charge in [-0.05, 0) is 80.4 Å². The van der Waals surface area contributed by atoms with Crippen LogP contribution in [0.25, 0.3) is 0 Å². The molecule has 2 amide bonds. The van der Waals surface area contributed by atoms with Crippen LogP contribution >= 0.6 is 31.9 Å². The van der Waals surface area contributed by atoms with Crippen LogP contribution in [0.15, 0.2) is 117 Å². The Balaban J connectivity index is 1.80. The molecule has 0 bridgehead atoms. The fourth-order valence-corrected chi connectivity index (χ4v) is 6.87. The summed E-state index contributed by atoms with van der Waals surface area (Å²) in [6.07, 6.45) is 0.252. The summed E-state index contributed by atoms with van der Waals surface area (Å²) in [6.45, 7) is 5.19.